The van der Waals surface area contributed by atoms with E-state index in [0.717, 1.165) is 48.3 Å². The van der Waals surface area contributed by atoms with E-state index in [1.54, 1.807) is 19.2 Å². The van der Waals surface area contributed by atoms with Crippen LogP contribution < -0.4 is 9.64 Å². The number of carbonyl (C=O) groups excluding carboxylic acids is 1. The summed E-state index contributed by atoms with van der Waals surface area (Å²) in [7, 11) is 1.70. The van der Waals surface area contributed by atoms with Gasteiger partial charge in [-0.05, 0) is 36.1 Å². The molecular weight excluding hydrogens is 476 g/mol. The first-order chi connectivity index (χ1) is 18.0. The van der Waals surface area contributed by atoms with Gasteiger partial charge in [0.15, 0.2) is 0 Å². The van der Waals surface area contributed by atoms with Crippen molar-refractivity contribution in [1.82, 2.24) is 4.90 Å². The minimum atomic E-state index is -0.964. The molecule has 1 N–H and O–H groups in total. The number of benzene rings is 2. The maximum Gasteiger partial charge on any atom is 0.407 e. The number of fused-ring (bicyclic) bond motifs is 1. The average molecular weight is 509 g/mol. The fourth-order valence-corrected chi connectivity index (χ4v) is 4.91. The van der Waals surface area contributed by atoms with Crippen LogP contribution in [0.15, 0.2) is 42.5 Å². The van der Waals surface area contributed by atoms with Crippen molar-refractivity contribution in [3.63, 3.8) is 0 Å². The van der Waals surface area contributed by atoms with E-state index in [1.807, 2.05) is 24.3 Å². The van der Waals surface area contributed by atoms with Crippen LogP contribution in [0, 0.1) is 0 Å². The molecule has 2 unspecified atom stereocenters. The number of nitrogens with zero attached hydrogens (tertiary/aromatic N) is 4. The second-order valence-electron chi connectivity index (χ2n) is 9.19. The molecule has 37 heavy (non-hydrogen) atoms. The first-order valence-corrected chi connectivity index (χ1v) is 12.4. The summed E-state index contributed by atoms with van der Waals surface area (Å²) >= 11 is 0. The number of ether oxygens (including phenoxy) is 3. The van der Waals surface area contributed by atoms with Crippen LogP contribution in [-0.4, -0.2) is 85.5 Å². The van der Waals surface area contributed by atoms with Gasteiger partial charge in [-0.1, -0.05) is 30.3 Å². The lowest BCUT2D eigenvalue weighted by atomic mass is 9.86. The topological polar surface area (TPSA) is 125 Å². The Hall–Kier alpha value is -3.72. The van der Waals surface area contributed by atoms with E-state index in [4.69, 9.17) is 19.7 Å². The van der Waals surface area contributed by atoms with Gasteiger partial charge in [0.05, 0.1) is 31.5 Å². The number of anilines is 1. The Labute approximate surface area is 216 Å². The van der Waals surface area contributed by atoms with Gasteiger partial charge in [0, 0.05) is 38.3 Å². The molecule has 2 heterocycles. The van der Waals surface area contributed by atoms with E-state index in [0.29, 0.717) is 38.3 Å². The Morgan fingerprint density at radius 2 is 2.03 bits per heavy atom. The molecule has 0 saturated carbocycles. The minimum absolute atomic E-state index is 0.0298. The molecule has 2 atom stereocenters. The number of carboxylic acid groups (broad SMARTS) is 1. The fourth-order valence-electron chi connectivity index (χ4n) is 4.91. The van der Waals surface area contributed by atoms with Crippen molar-refractivity contribution in [1.29, 1.82) is 0 Å². The van der Waals surface area contributed by atoms with E-state index in [9.17, 15) is 14.7 Å². The van der Waals surface area contributed by atoms with Gasteiger partial charge in [-0.15, -0.1) is 0 Å². The van der Waals surface area contributed by atoms with Crippen LogP contribution in [0.25, 0.3) is 5.53 Å². The number of amides is 1. The highest BCUT2D eigenvalue weighted by atomic mass is 16.5. The third-order valence-electron chi connectivity index (χ3n) is 6.85. The maximum absolute atomic E-state index is 11.9. The van der Waals surface area contributed by atoms with Crippen molar-refractivity contribution in [3.8, 4) is 5.75 Å². The SMILES string of the molecule is COCCCN1CCOc2ccc(COC3CN(C(=O)O)CCC3c3ccc(C(=O)C=[N+]=[N-])cc3)cc21. The number of ketones is 1. The van der Waals surface area contributed by atoms with E-state index in [-0.39, 0.29) is 18.6 Å². The number of piperidine rings is 1. The Morgan fingerprint density at radius 1 is 1.22 bits per heavy atom. The molecule has 2 aromatic rings. The zero-order chi connectivity index (χ0) is 26.2. The van der Waals surface area contributed by atoms with Crippen molar-refractivity contribution in [3.05, 3.63) is 64.7 Å². The molecule has 196 valence electrons. The molecule has 1 saturated heterocycles. The molecule has 1 amide bonds. The maximum atomic E-state index is 11.9. The summed E-state index contributed by atoms with van der Waals surface area (Å²) in [6.07, 6.45) is 1.06. The standard InChI is InChI=1S/C27H32N4O6/c1-35-13-2-10-30-12-14-36-25-8-3-19(15-23(25)30)18-37-26-17-31(27(33)34)11-9-22(26)20-4-6-21(7-5-20)24(32)16-29-28/h3-8,15-16,22,26H,2,9-14,17-18H2,1H3,(H,33,34). The van der Waals surface area contributed by atoms with Crippen LogP contribution in [0.3, 0.4) is 0 Å². The Bertz CT molecular complexity index is 1150. The molecule has 1 fully saturated rings. The van der Waals surface area contributed by atoms with Crippen molar-refractivity contribution < 1.29 is 33.7 Å². The van der Waals surface area contributed by atoms with Crippen LogP contribution in [-0.2, 0) is 16.1 Å². The predicted octanol–water partition coefficient (Wildman–Crippen LogP) is 3.46. The van der Waals surface area contributed by atoms with Crippen LogP contribution in [0.1, 0.15) is 40.2 Å². The molecule has 2 aliphatic heterocycles. The van der Waals surface area contributed by atoms with E-state index in [2.05, 4.69) is 15.8 Å². The minimum Gasteiger partial charge on any atom is -0.490 e. The van der Waals surface area contributed by atoms with Gasteiger partial charge in [0.2, 0.25) is 0 Å². The number of likely N-dealkylation sites (tertiary alicyclic amines) is 1. The Morgan fingerprint density at radius 3 is 2.76 bits per heavy atom. The summed E-state index contributed by atoms with van der Waals surface area (Å²) in [6, 6.07) is 13.1. The monoisotopic (exact) mass is 508 g/mol. The van der Waals surface area contributed by atoms with Gasteiger partial charge in [-0.2, -0.15) is 4.79 Å². The van der Waals surface area contributed by atoms with E-state index >= 15 is 0 Å². The van der Waals surface area contributed by atoms with Gasteiger partial charge in [-0.25, -0.2) is 4.79 Å². The van der Waals surface area contributed by atoms with Crippen molar-refractivity contribution in [2.24, 2.45) is 0 Å². The lowest BCUT2D eigenvalue weighted by molar-refractivity contribution is -0.0199. The molecule has 0 aliphatic carbocycles. The molecule has 0 bridgehead atoms. The van der Waals surface area contributed by atoms with Gasteiger partial charge >= 0.3 is 12.3 Å². The summed E-state index contributed by atoms with van der Waals surface area (Å²) in [5, 5.41) is 9.57. The van der Waals surface area contributed by atoms with E-state index < -0.39 is 11.9 Å². The van der Waals surface area contributed by atoms with Gasteiger partial charge in [0.25, 0.3) is 5.78 Å². The molecule has 2 aliphatic rings. The number of hydrogen-bond acceptors (Lipinski definition) is 6. The molecule has 10 nitrogen and oxygen atoms in total. The Balaban J connectivity index is 1.49. The van der Waals surface area contributed by atoms with Gasteiger partial charge in [0.1, 0.15) is 12.4 Å². The van der Waals surface area contributed by atoms with Crippen molar-refractivity contribution in [2.75, 3.05) is 51.4 Å². The predicted molar refractivity (Wildman–Crippen MR) is 137 cm³/mol. The number of carbonyl (C=O) groups is 2. The zero-order valence-corrected chi connectivity index (χ0v) is 20.9. The third kappa shape index (κ3) is 6.54. The number of rotatable bonds is 10. The van der Waals surface area contributed by atoms with Crippen molar-refractivity contribution >= 4 is 23.8 Å². The normalized spacial score (nSPS) is 18.9. The number of hydrogen-bond donors (Lipinski definition) is 1. The quantitative estimate of drug-likeness (QED) is 0.171. The van der Waals surface area contributed by atoms with Crippen molar-refractivity contribution in [2.45, 2.75) is 31.5 Å². The summed E-state index contributed by atoms with van der Waals surface area (Å²) in [6.45, 7) is 4.01. The molecule has 0 aromatic heterocycles. The highest BCUT2D eigenvalue weighted by molar-refractivity contribution is 6.33. The van der Waals surface area contributed by atoms with Crippen LogP contribution >= 0.6 is 0 Å². The first-order valence-electron chi connectivity index (χ1n) is 12.4. The zero-order valence-electron chi connectivity index (χ0n) is 20.9. The smallest absolute Gasteiger partial charge is 0.407 e. The van der Waals surface area contributed by atoms with Crippen LogP contribution in [0.4, 0.5) is 10.5 Å². The summed E-state index contributed by atoms with van der Waals surface area (Å²) in [5.41, 5.74) is 12.0. The van der Waals surface area contributed by atoms with Crippen LogP contribution in [0.5, 0.6) is 5.75 Å². The number of methoxy groups -OCH3 is 1. The lowest BCUT2D eigenvalue weighted by Crippen LogP contribution is -2.46. The number of Topliss-reactive ketones (excluding diaryl/α,β-unsaturated/α-hetero) is 1. The molecule has 4 rings (SSSR count). The second kappa shape index (κ2) is 12.5. The lowest BCUT2D eigenvalue weighted by Gasteiger charge is -2.37. The van der Waals surface area contributed by atoms with Gasteiger partial charge in [-0.3, -0.25) is 4.79 Å². The largest absolute Gasteiger partial charge is 0.490 e. The third-order valence-corrected chi connectivity index (χ3v) is 6.85. The summed E-state index contributed by atoms with van der Waals surface area (Å²) in [4.78, 5) is 30.1. The molecular formula is C27H32N4O6. The first kappa shape index (κ1) is 26.3. The average Bonchev–Trinajstić information content (AvgIpc) is 2.92. The second-order valence-corrected chi connectivity index (χ2v) is 9.19. The van der Waals surface area contributed by atoms with Gasteiger partial charge < -0.3 is 34.6 Å². The summed E-state index contributed by atoms with van der Waals surface area (Å²) in [5.74, 6) is 0.425. The molecule has 0 spiro atoms. The van der Waals surface area contributed by atoms with Crippen LogP contribution in [0.2, 0.25) is 0 Å². The van der Waals surface area contributed by atoms with E-state index in [1.165, 1.54) is 4.90 Å². The Kier molecular flexibility index (Phi) is 8.90. The highest BCUT2D eigenvalue weighted by Crippen LogP contribution is 2.35. The molecule has 0 radical (unpaired) electrons. The highest BCUT2D eigenvalue weighted by Gasteiger charge is 2.33. The molecule has 2 aromatic carbocycles. The molecule has 10 heteroatoms. The summed E-state index contributed by atoms with van der Waals surface area (Å²) < 4.78 is 17.4. The fraction of sp³-hybridized carbons (Fsp3) is 0.444.